The van der Waals surface area contributed by atoms with Crippen LogP contribution in [0, 0.1) is 0 Å². The molecular weight excluding hydrogens is 347 g/mol. The van der Waals surface area contributed by atoms with Gasteiger partial charge in [0, 0.05) is 5.56 Å². The summed E-state index contributed by atoms with van der Waals surface area (Å²) in [5.74, 6) is 0.729. The van der Waals surface area contributed by atoms with E-state index in [2.05, 4.69) is 5.32 Å². The van der Waals surface area contributed by atoms with Gasteiger partial charge in [0.05, 0.1) is 25.3 Å². The van der Waals surface area contributed by atoms with Crippen molar-refractivity contribution >= 4 is 5.91 Å². The molecule has 7 heteroatoms. The van der Waals surface area contributed by atoms with E-state index in [-0.39, 0.29) is 5.56 Å². The molecule has 138 valence electrons. The normalized spacial score (nSPS) is 15.3. The number of ether oxygens (including phenoxy) is 2. The minimum atomic E-state index is -4.42. The minimum absolute atomic E-state index is 0.185. The molecule has 0 radical (unpaired) electrons. The third-order valence-electron chi connectivity index (χ3n) is 4.51. The molecule has 1 aliphatic carbocycles. The molecule has 2 aromatic rings. The molecule has 1 amide bonds. The van der Waals surface area contributed by atoms with Crippen LogP contribution in [-0.2, 0) is 11.7 Å². The summed E-state index contributed by atoms with van der Waals surface area (Å²) < 4.78 is 48.4. The number of carbonyl (C=O) groups is 1. The van der Waals surface area contributed by atoms with Crippen molar-refractivity contribution in [3.05, 3.63) is 59.2 Å². The monoisotopic (exact) mass is 365 g/mol. The maximum Gasteiger partial charge on any atom is 0.416 e. The molecule has 1 fully saturated rings. The van der Waals surface area contributed by atoms with E-state index in [0.29, 0.717) is 11.5 Å². The number of benzene rings is 2. The predicted octanol–water partition coefficient (Wildman–Crippen LogP) is 4.14. The van der Waals surface area contributed by atoms with E-state index in [1.54, 1.807) is 12.1 Å². The zero-order chi connectivity index (χ0) is 18.9. The average molecular weight is 365 g/mol. The van der Waals surface area contributed by atoms with Crippen LogP contribution in [0.15, 0.2) is 42.5 Å². The number of rotatable bonds is 5. The molecule has 0 bridgehead atoms. The van der Waals surface area contributed by atoms with Gasteiger partial charge in [-0.15, -0.1) is 0 Å². The van der Waals surface area contributed by atoms with Gasteiger partial charge in [-0.3, -0.25) is 4.79 Å². The molecule has 4 nitrogen and oxygen atoms in total. The molecule has 0 heterocycles. The summed E-state index contributed by atoms with van der Waals surface area (Å²) in [6.07, 6.45) is -2.93. The lowest BCUT2D eigenvalue weighted by atomic mass is 10.0. The lowest BCUT2D eigenvalue weighted by molar-refractivity contribution is -0.137. The molecule has 0 atom stereocenters. The number of carbonyl (C=O) groups excluding carboxylic acids is 1. The quantitative estimate of drug-likeness (QED) is 0.866. The van der Waals surface area contributed by atoms with Gasteiger partial charge >= 0.3 is 6.18 Å². The fourth-order valence-electron chi connectivity index (χ4n) is 2.84. The largest absolute Gasteiger partial charge is 0.493 e. The van der Waals surface area contributed by atoms with E-state index in [4.69, 9.17) is 9.47 Å². The number of hydrogen-bond donors (Lipinski definition) is 1. The SMILES string of the molecule is COc1ccc(C2(NC(=O)c3ccc(C(F)(F)F)cc3)CC2)cc1OC. The molecule has 0 unspecified atom stereocenters. The molecule has 1 saturated carbocycles. The van der Waals surface area contributed by atoms with E-state index in [1.165, 1.54) is 26.4 Å². The van der Waals surface area contributed by atoms with Crippen molar-refractivity contribution in [3.8, 4) is 11.5 Å². The number of alkyl halides is 3. The molecule has 0 saturated heterocycles. The highest BCUT2D eigenvalue weighted by Gasteiger charge is 2.46. The first-order valence-corrected chi connectivity index (χ1v) is 8.01. The van der Waals surface area contributed by atoms with Crippen molar-refractivity contribution < 1.29 is 27.4 Å². The Morgan fingerprint density at radius 1 is 1.00 bits per heavy atom. The standard InChI is InChI=1S/C19H18F3NO3/c1-25-15-8-7-14(11-16(15)26-2)18(9-10-18)23-17(24)12-3-5-13(6-4-12)19(20,21)22/h3-8,11H,9-10H2,1-2H3,(H,23,24). The van der Waals surface area contributed by atoms with Crippen molar-refractivity contribution in [1.29, 1.82) is 0 Å². The van der Waals surface area contributed by atoms with Crippen molar-refractivity contribution in [2.45, 2.75) is 24.6 Å². The van der Waals surface area contributed by atoms with Gasteiger partial charge < -0.3 is 14.8 Å². The molecule has 0 aliphatic heterocycles. The third kappa shape index (κ3) is 3.47. The summed E-state index contributed by atoms with van der Waals surface area (Å²) in [6, 6.07) is 9.60. The summed E-state index contributed by atoms with van der Waals surface area (Å²) in [6.45, 7) is 0. The minimum Gasteiger partial charge on any atom is -0.493 e. The second-order valence-corrected chi connectivity index (χ2v) is 6.18. The second-order valence-electron chi connectivity index (χ2n) is 6.18. The fraction of sp³-hybridized carbons (Fsp3) is 0.316. The molecular formula is C19H18F3NO3. The summed E-state index contributed by atoms with van der Waals surface area (Å²) in [5.41, 5.74) is -0.255. The predicted molar refractivity (Wildman–Crippen MR) is 89.4 cm³/mol. The number of methoxy groups -OCH3 is 2. The van der Waals surface area contributed by atoms with Crippen LogP contribution in [0.3, 0.4) is 0 Å². The van der Waals surface area contributed by atoms with Crippen molar-refractivity contribution in [1.82, 2.24) is 5.32 Å². The zero-order valence-electron chi connectivity index (χ0n) is 14.3. The maximum absolute atomic E-state index is 12.6. The first kappa shape index (κ1) is 18.1. The van der Waals surface area contributed by atoms with E-state index >= 15 is 0 Å². The molecule has 3 rings (SSSR count). The first-order valence-electron chi connectivity index (χ1n) is 8.01. The Hall–Kier alpha value is -2.70. The topological polar surface area (TPSA) is 47.6 Å². The van der Waals surface area contributed by atoms with Crippen LogP contribution < -0.4 is 14.8 Å². The smallest absolute Gasteiger partial charge is 0.416 e. The molecule has 2 aromatic carbocycles. The van der Waals surface area contributed by atoms with Crippen molar-refractivity contribution in [2.24, 2.45) is 0 Å². The van der Waals surface area contributed by atoms with Gasteiger partial charge in [0.1, 0.15) is 0 Å². The molecule has 1 aliphatic rings. The average Bonchev–Trinajstić information content (AvgIpc) is 3.41. The second kappa shape index (κ2) is 6.55. The molecule has 0 aromatic heterocycles. The molecule has 26 heavy (non-hydrogen) atoms. The number of hydrogen-bond acceptors (Lipinski definition) is 3. The van der Waals surface area contributed by atoms with Crippen LogP contribution in [0.2, 0.25) is 0 Å². The van der Waals surface area contributed by atoms with Gasteiger partial charge in [0.2, 0.25) is 0 Å². The van der Waals surface area contributed by atoms with Gasteiger partial charge in [-0.1, -0.05) is 6.07 Å². The Kier molecular flexibility index (Phi) is 4.56. The van der Waals surface area contributed by atoms with E-state index in [9.17, 15) is 18.0 Å². The highest BCUT2D eigenvalue weighted by molar-refractivity contribution is 5.95. The van der Waals surface area contributed by atoms with Gasteiger partial charge in [-0.2, -0.15) is 13.2 Å². The molecule has 1 N–H and O–H groups in total. The Bertz CT molecular complexity index is 812. The first-order chi connectivity index (χ1) is 12.3. The van der Waals surface area contributed by atoms with Crippen LogP contribution in [0.5, 0.6) is 11.5 Å². The van der Waals surface area contributed by atoms with Crippen LogP contribution >= 0.6 is 0 Å². The Balaban J connectivity index is 1.79. The van der Waals surface area contributed by atoms with E-state index in [0.717, 1.165) is 30.5 Å². The zero-order valence-corrected chi connectivity index (χ0v) is 14.3. The van der Waals surface area contributed by atoms with Crippen LogP contribution in [0.25, 0.3) is 0 Å². The van der Waals surface area contributed by atoms with Crippen molar-refractivity contribution in [3.63, 3.8) is 0 Å². The lowest BCUT2D eigenvalue weighted by Gasteiger charge is -2.20. The Morgan fingerprint density at radius 3 is 2.12 bits per heavy atom. The van der Waals surface area contributed by atoms with Gasteiger partial charge in [-0.05, 0) is 54.8 Å². The Labute approximate surface area is 148 Å². The van der Waals surface area contributed by atoms with Crippen LogP contribution in [-0.4, -0.2) is 20.1 Å². The van der Waals surface area contributed by atoms with Crippen molar-refractivity contribution in [2.75, 3.05) is 14.2 Å². The fourth-order valence-corrected chi connectivity index (χ4v) is 2.84. The van der Waals surface area contributed by atoms with Gasteiger partial charge in [0.15, 0.2) is 11.5 Å². The Morgan fingerprint density at radius 2 is 1.62 bits per heavy atom. The van der Waals surface area contributed by atoms with Crippen LogP contribution in [0.4, 0.5) is 13.2 Å². The summed E-state index contributed by atoms with van der Waals surface area (Å²) in [7, 11) is 3.07. The summed E-state index contributed by atoms with van der Waals surface area (Å²) in [5, 5.41) is 2.93. The van der Waals surface area contributed by atoms with Gasteiger partial charge in [-0.25, -0.2) is 0 Å². The third-order valence-corrected chi connectivity index (χ3v) is 4.51. The number of amides is 1. The van der Waals surface area contributed by atoms with Gasteiger partial charge in [0.25, 0.3) is 5.91 Å². The van der Waals surface area contributed by atoms with E-state index in [1.807, 2.05) is 6.07 Å². The van der Waals surface area contributed by atoms with Crippen LogP contribution in [0.1, 0.15) is 34.3 Å². The summed E-state index contributed by atoms with van der Waals surface area (Å²) in [4.78, 5) is 12.5. The summed E-state index contributed by atoms with van der Waals surface area (Å²) >= 11 is 0. The highest BCUT2D eigenvalue weighted by Crippen LogP contribution is 2.47. The number of halogens is 3. The highest BCUT2D eigenvalue weighted by atomic mass is 19.4. The molecule has 0 spiro atoms. The number of nitrogens with one attached hydrogen (secondary N) is 1. The lowest BCUT2D eigenvalue weighted by Crippen LogP contribution is -2.34. The van der Waals surface area contributed by atoms with E-state index < -0.39 is 23.2 Å². The maximum atomic E-state index is 12.6.